The van der Waals surface area contributed by atoms with Crippen LogP contribution >= 0.6 is 0 Å². The smallest absolute Gasteiger partial charge is 0.151 e. The molecule has 17 heavy (non-hydrogen) atoms. The highest BCUT2D eigenvalue weighted by Crippen LogP contribution is 2.25. The highest BCUT2D eigenvalue weighted by molar-refractivity contribution is 5.43. The second-order valence-electron chi connectivity index (χ2n) is 4.81. The lowest BCUT2D eigenvalue weighted by molar-refractivity contribution is 0.230. The first-order valence-corrected chi connectivity index (χ1v) is 6.37. The molecule has 2 fully saturated rings. The lowest BCUT2D eigenvalue weighted by Gasteiger charge is -2.38. The van der Waals surface area contributed by atoms with Crippen molar-refractivity contribution < 1.29 is 0 Å². The van der Waals surface area contributed by atoms with Crippen LogP contribution in [-0.2, 0) is 6.54 Å². The molecule has 2 aliphatic rings. The van der Waals surface area contributed by atoms with Gasteiger partial charge in [0.25, 0.3) is 0 Å². The van der Waals surface area contributed by atoms with Gasteiger partial charge in [0.05, 0.1) is 5.69 Å². The van der Waals surface area contributed by atoms with Crippen molar-refractivity contribution in [2.45, 2.75) is 25.4 Å². The van der Waals surface area contributed by atoms with Crippen LogP contribution in [0.1, 0.15) is 18.5 Å². The lowest BCUT2D eigenvalue weighted by Crippen LogP contribution is -2.50. The molecule has 1 aromatic heterocycles. The maximum Gasteiger partial charge on any atom is 0.151 e. The van der Waals surface area contributed by atoms with E-state index >= 15 is 0 Å². The Morgan fingerprint density at radius 2 is 2.12 bits per heavy atom. The van der Waals surface area contributed by atoms with Crippen molar-refractivity contribution in [3.8, 4) is 0 Å². The second kappa shape index (κ2) is 4.58. The van der Waals surface area contributed by atoms with Crippen molar-refractivity contribution in [3.05, 3.63) is 18.1 Å². The molecule has 0 aromatic carbocycles. The number of nitrogens with two attached hydrogens (primary N) is 1. The van der Waals surface area contributed by atoms with E-state index < -0.39 is 0 Å². The molecule has 1 atom stereocenters. The predicted octanol–water partition coefficient (Wildman–Crippen LogP) is 0.220. The number of piperazine rings is 1. The summed E-state index contributed by atoms with van der Waals surface area (Å²) in [5.74, 6) is 0.988. The Hall–Kier alpha value is -1.20. The standard InChI is InChI=1S/C12H19N5/c13-8-11-12(15-4-3-14-11)17-7-6-16-5-1-2-10(16)9-17/h3-4,10H,1-2,5-9,13H2. The fraction of sp³-hybridized carbons (Fsp3) is 0.667. The molecule has 5 heteroatoms. The second-order valence-corrected chi connectivity index (χ2v) is 4.81. The molecule has 1 unspecified atom stereocenters. The van der Waals surface area contributed by atoms with E-state index in [4.69, 9.17) is 5.73 Å². The van der Waals surface area contributed by atoms with Gasteiger partial charge in [0.1, 0.15) is 0 Å². The van der Waals surface area contributed by atoms with Gasteiger partial charge in [-0.15, -0.1) is 0 Å². The van der Waals surface area contributed by atoms with E-state index in [-0.39, 0.29) is 0 Å². The molecular weight excluding hydrogens is 214 g/mol. The normalized spacial score (nSPS) is 25.0. The third kappa shape index (κ3) is 2.00. The summed E-state index contributed by atoms with van der Waals surface area (Å²) in [6, 6.07) is 0.705. The summed E-state index contributed by atoms with van der Waals surface area (Å²) in [6.07, 6.45) is 6.13. The molecule has 1 aromatic rings. The van der Waals surface area contributed by atoms with Crippen molar-refractivity contribution >= 4 is 5.82 Å². The van der Waals surface area contributed by atoms with E-state index in [1.54, 1.807) is 12.4 Å². The van der Waals surface area contributed by atoms with E-state index in [1.165, 1.54) is 19.4 Å². The number of aromatic nitrogens is 2. The minimum Gasteiger partial charge on any atom is -0.352 e. The van der Waals surface area contributed by atoms with Crippen molar-refractivity contribution in [1.29, 1.82) is 0 Å². The molecule has 0 radical (unpaired) electrons. The zero-order valence-electron chi connectivity index (χ0n) is 10.0. The number of nitrogens with zero attached hydrogens (tertiary/aromatic N) is 4. The molecule has 0 aliphatic carbocycles. The van der Waals surface area contributed by atoms with E-state index in [0.717, 1.165) is 31.1 Å². The van der Waals surface area contributed by atoms with Crippen molar-refractivity contribution in [2.24, 2.45) is 5.73 Å². The average Bonchev–Trinajstić information content (AvgIpc) is 2.85. The SMILES string of the molecule is NCc1nccnc1N1CCN2CCCC2C1. The summed E-state index contributed by atoms with van der Waals surface area (Å²) in [5, 5.41) is 0. The zero-order chi connectivity index (χ0) is 11.7. The van der Waals surface area contributed by atoms with Gasteiger partial charge < -0.3 is 10.6 Å². The van der Waals surface area contributed by atoms with Crippen LogP contribution in [0.25, 0.3) is 0 Å². The third-order valence-corrected chi connectivity index (χ3v) is 3.83. The first-order valence-electron chi connectivity index (χ1n) is 6.37. The summed E-state index contributed by atoms with van der Waals surface area (Å²) in [4.78, 5) is 13.7. The van der Waals surface area contributed by atoms with Crippen molar-refractivity contribution in [3.63, 3.8) is 0 Å². The molecule has 2 aliphatic heterocycles. The molecule has 5 nitrogen and oxygen atoms in total. The minimum atomic E-state index is 0.466. The monoisotopic (exact) mass is 233 g/mol. The Labute approximate surface area is 102 Å². The van der Waals surface area contributed by atoms with Gasteiger partial charge in [-0.1, -0.05) is 0 Å². The fourth-order valence-electron chi connectivity index (χ4n) is 2.95. The van der Waals surface area contributed by atoms with Gasteiger partial charge in [0.2, 0.25) is 0 Å². The van der Waals surface area contributed by atoms with Crippen LogP contribution in [0.2, 0.25) is 0 Å². The summed E-state index contributed by atoms with van der Waals surface area (Å²) < 4.78 is 0. The van der Waals surface area contributed by atoms with Gasteiger partial charge in [-0.25, -0.2) is 4.98 Å². The predicted molar refractivity (Wildman–Crippen MR) is 66.7 cm³/mol. The molecule has 0 spiro atoms. The topological polar surface area (TPSA) is 58.3 Å². The van der Waals surface area contributed by atoms with E-state index in [2.05, 4.69) is 19.8 Å². The Morgan fingerprint density at radius 1 is 1.24 bits per heavy atom. The molecular formula is C12H19N5. The molecule has 2 saturated heterocycles. The quantitative estimate of drug-likeness (QED) is 0.792. The molecule has 2 N–H and O–H groups in total. The summed E-state index contributed by atoms with van der Waals surface area (Å²) >= 11 is 0. The number of fused-ring (bicyclic) bond motifs is 1. The first-order chi connectivity index (χ1) is 8.38. The molecule has 3 heterocycles. The molecule has 3 rings (SSSR count). The van der Waals surface area contributed by atoms with Gasteiger partial charge in [0, 0.05) is 44.6 Å². The van der Waals surface area contributed by atoms with Crippen LogP contribution in [0.15, 0.2) is 12.4 Å². The summed E-state index contributed by atoms with van der Waals surface area (Å²) in [7, 11) is 0. The Balaban J connectivity index is 1.80. The number of anilines is 1. The molecule has 0 saturated carbocycles. The lowest BCUT2D eigenvalue weighted by atomic mass is 10.1. The number of hydrogen-bond donors (Lipinski definition) is 1. The van der Waals surface area contributed by atoms with Gasteiger partial charge >= 0.3 is 0 Å². The largest absolute Gasteiger partial charge is 0.352 e. The number of rotatable bonds is 2. The van der Waals surface area contributed by atoms with Gasteiger partial charge in [-0.2, -0.15) is 0 Å². The summed E-state index contributed by atoms with van der Waals surface area (Å²) in [5.41, 5.74) is 6.64. The minimum absolute atomic E-state index is 0.466. The first kappa shape index (κ1) is 10.9. The van der Waals surface area contributed by atoms with E-state index in [9.17, 15) is 0 Å². The summed E-state index contributed by atoms with van der Waals surface area (Å²) in [6.45, 7) is 5.00. The zero-order valence-corrected chi connectivity index (χ0v) is 10.0. The van der Waals surface area contributed by atoms with Gasteiger partial charge in [-0.3, -0.25) is 9.88 Å². The van der Waals surface area contributed by atoms with Crippen molar-refractivity contribution in [2.75, 3.05) is 31.1 Å². The van der Waals surface area contributed by atoms with Crippen LogP contribution in [0.3, 0.4) is 0 Å². The molecule has 92 valence electrons. The van der Waals surface area contributed by atoms with Crippen LogP contribution in [0.4, 0.5) is 5.82 Å². The van der Waals surface area contributed by atoms with Crippen molar-refractivity contribution in [1.82, 2.24) is 14.9 Å². The average molecular weight is 233 g/mol. The Bertz CT molecular complexity index is 394. The van der Waals surface area contributed by atoms with Crippen LogP contribution in [-0.4, -0.2) is 47.1 Å². The Kier molecular flexibility index (Phi) is 2.94. The van der Waals surface area contributed by atoms with E-state index in [1.807, 2.05) is 0 Å². The highest BCUT2D eigenvalue weighted by Gasteiger charge is 2.31. The highest BCUT2D eigenvalue weighted by atomic mass is 15.3. The van der Waals surface area contributed by atoms with Crippen LogP contribution < -0.4 is 10.6 Å². The van der Waals surface area contributed by atoms with Crippen LogP contribution in [0, 0.1) is 0 Å². The van der Waals surface area contributed by atoms with Crippen LogP contribution in [0.5, 0.6) is 0 Å². The maximum absolute atomic E-state index is 5.72. The maximum atomic E-state index is 5.72. The number of hydrogen-bond acceptors (Lipinski definition) is 5. The van der Waals surface area contributed by atoms with Gasteiger partial charge in [-0.05, 0) is 19.4 Å². The fourth-order valence-corrected chi connectivity index (χ4v) is 2.95. The molecule has 0 amide bonds. The molecule has 0 bridgehead atoms. The Morgan fingerprint density at radius 3 is 3.00 bits per heavy atom. The van der Waals surface area contributed by atoms with Gasteiger partial charge in [0.15, 0.2) is 5.82 Å². The third-order valence-electron chi connectivity index (χ3n) is 3.83. The van der Waals surface area contributed by atoms with E-state index in [0.29, 0.717) is 12.6 Å².